The summed E-state index contributed by atoms with van der Waals surface area (Å²) in [6, 6.07) is 12.4. The SMILES string of the molecule is COc1ccc2nc(C)cc(-c3ccc(Cl)c(F)c3)c2c1. The lowest BCUT2D eigenvalue weighted by Crippen LogP contribution is -1.91. The standard InChI is InChI=1S/C17H13ClFNO/c1-10-7-13(11-3-5-15(18)16(19)8-11)14-9-12(21-2)4-6-17(14)20-10/h3-9H,1-2H3. The largest absolute Gasteiger partial charge is 0.497 e. The third-order valence-corrected chi connectivity index (χ3v) is 3.68. The van der Waals surface area contributed by atoms with Crippen LogP contribution in [0.3, 0.4) is 0 Å². The van der Waals surface area contributed by atoms with Crippen LogP contribution in [0.25, 0.3) is 22.0 Å². The lowest BCUT2D eigenvalue weighted by Gasteiger charge is -2.10. The first-order valence-corrected chi connectivity index (χ1v) is 6.87. The minimum Gasteiger partial charge on any atom is -0.497 e. The summed E-state index contributed by atoms with van der Waals surface area (Å²) in [5.41, 5.74) is 3.40. The van der Waals surface area contributed by atoms with Gasteiger partial charge in [0.15, 0.2) is 0 Å². The van der Waals surface area contributed by atoms with Crippen LogP contribution in [-0.4, -0.2) is 12.1 Å². The van der Waals surface area contributed by atoms with E-state index in [-0.39, 0.29) is 5.02 Å². The molecule has 0 atom stereocenters. The lowest BCUT2D eigenvalue weighted by atomic mass is 10.00. The molecule has 0 bridgehead atoms. The molecule has 21 heavy (non-hydrogen) atoms. The van der Waals surface area contributed by atoms with Gasteiger partial charge in [0.25, 0.3) is 0 Å². The summed E-state index contributed by atoms with van der Waals surface area (Å²) in [6.45, 7) is 1.92. The van der Waals surface area contributed by atoms with Gasteiger partial charge < -0.3 is 4.74 Å². The summed E-state index contributed by atoms with van der Waals surface area (Å²) in [7, 11) is 1.62. The van der Waals surface area contributed by atoms with E-state index in [1.54, 1.807) is 19.2 Å². The molecule has 2 nitrogen and oxygen atoms in total. The second kappa shape index (κ2) is 5.34. The first-order chi connectivity index (χ1) is 10.1. The molecule has 2 aromatic carbocycles. The van der Waals surface area contributed by atoms with E-state index < -0.39 is 5.82 Å². The molecule has 0 aliphatic heterocycles. The molecular formula is C17H13ClFNO. The van der Waals surface area contributed by atoms with Crippen LogP contribution < -0.4 is 4.74 Å². The van der Waals surface area contributed by atoms with E-state index in [0.29, 0.717) is 0 Å². The Hall–Kier alpha value is -2.13. The molecule has 0 radical (unpaired) electrons. The van der Waals surface area contributed by atoms with Crippen molar-refractivity contribution in [1.82, 2.24) is 4.98 Å². The smallest absolute Gasteiger partial charge is 0.142 e. The Morgan fingerprint density at radius 2 is 1.90 bits per heavy atom. The molecular weight excluding hydrogens is 289 g/mol. The second-order valence-electron chi connectivity index (χ2n) is 4.82. The van der Waals surface area contributed by atoms with Crippen LogP contribution in [-0.2, 0) is 0 Å². The van der Waals surface area contributed by atoms with Gasteiger partial charge in [0.05, 0.1) is 17.6 Å². The highest BCUT2D eigenvalue weighted by atomic mass is 35.5. The van der Waals surface area contributed by atoms with Crippen molar-refractivity contribution in [2.45, 2.75) is 6.92 Å². The van der Waals surface area contributed by atoms with Crippen LogP contribution in [0.2, 0.25) is 5.02 Å². The first-order valence-electron chi connectivity index (χ1n) is 6.49. The molecule has 0 aliphatic rings. The number of methoxy groups -OCH3 is 1. The van der Waals surface area contributed by atoms with E-state index in [4.69, 9.17) is 16.3 Å². The Labute approximate surface area is 127 Å². The fourth-order valence-electron chi connectivity index (χ4n) is 2.37. The summed E-state index contributed by atoms with van der Waals surface area (Å²) in [4.78, 5) is 4.50. The molecule has 3 rings (SSSR count). The van der Waals surface area contributed by atoms with Crippen molar-refractivity contribution in [3.05, 3.63) is 59.0 Å². The Morgan fingerprint density at radius 3 is 2.62 bits per heavy atom. The third kappa shape index (κ3) is 2.57. The summed E-state index contributed by atoms with van der Waals surface area (Å²) in [6.07, 6.45) is 0. The predicted octanol–water partition coefficient (Wildman–Crippen LogP) is 5.01. The van der Waals surface area contributed by atoms with Gasteiger partial charge >= 0.3 is 0 Å². The van der Waals surface area contributed by atoms with E-state index in [9.17, 15) is 4.39 Å². The summed E-state index contributed by atoms with van der Waals surface area (Å²) < 4.78 is 19.0. The van der Waals surface area contributed by atoms with Crippen LogP contribution in [0.5, 0.6) is 5.75 Å². The van der Waals surface area contributed by atoms with Crippen LogP contribution >= 0.6 is 11.6 Å². The Kier molecular flexibility index (Phi) is 3.52. The number of hydrogen-bond acceptors (Lipinski definition) is 2. The molecule has 0 spiro atoms. The summed E-state index contributed by atoms with van der Waals surface area (Å²) in [5, 5.41) is 1.04. The number of benzene rings is 2. The van der Waals surface area contributed by atoms with Crippen molar-refractivity contribution < 1.29 is 9.13 Å². The first kappa shape index (κ1) is 13.8. The average Bonchev–Trinajstić information content (AvgIpc) is 2.48. The van der Waals surface area contributed by atoms with Crippen molar-refractivity contribution >= 4 is 22.5 Å². The Balaban J connectivity index is 2.31. The quantitative estimate of drug-likeness (QED) is 0.663. The van der Waals surface area contributed by atoms with Gasteiger partial charge in [-0.2, -0.15) is 0 Å². The van der Waals surface area contributed by atoms with E-state index in [1.807, 2.05) is 31.2 Å². The fraction of sp³-hybridized carbons (Fsp3) is 0.118. The maximum atomic E-state index is 13.7. The molecule has 0 N–H and O–H groups in total. The second-order valence-corrected chi connectivity index (χ2v) is 5.23. The monoisotopic (exact) mass is 301 g/mol. The number of halogens is 2. The lowest BCUT2D eigenvalue weighted by molar-refractivity contribution is 0.415. The maximum Gasteiger partial charge on any atom is 0.142 e. The number of ether oxygens (including phenoxy) is 1. The number of rotatable bonds is 2. The Morgan fingerprint density at radius 1 is 1.10 bits per heavy atom. The van der Waals surface area contributed by atoms with Gasteiger partial charge in [-0.05, 0) is 54.4 Å². The predicted molar refractivity (Wildman–Crippen MR) is 83.4 cm³/mol. The van der Waals surface area contributed by atoms with Crippen LogP contribution in [0.4, 0.5) is 4.39 Å². The highest BCUT2D eigenvalue weighted by Crippen LogP contribution is 2.32. The highest BCUT2D eigenvalue weighted by Gasteiger charge is 2.10. The minimum atomic E-state index is -0.431. The molecule has 0 amide bonds. The average molecular weight is 302 g/mol. The van der Waals surface area contributed by atoms with E-state index >= 15 is 0 Å². The molecule has 1 aromatic heterocycles. The zero-order valence-corrected chi connectivity index (χ0v) is 12.4. The molecule has 0 fully saturated rings. The van der Waals surface area contributed by atoms with Crippen molar-refractivity contribution in [2.24, 2.45) is 0 Å². The normalized spacial score (nSPS) is 10.9. The van der Waals surface area contributed by atoms with Crippen LogP contribution in [0.1, 0.15) is 5.69 Å². The zero-order chi connectivity index (χ0) is 15.0. The van der Waals surface area contributed by atoms with Crippen molar-refractivity contribution in [3.63, 3.8) is 0 Å². The van der Waals surface area contributed by atoms with Crippen LogP contribution in [0, 0.1) is 12.7 Å². The zero-order valence-electron chi connectivity index (χ0n) is 11.7. The van der Waals surface area contributed by atoms with E-state index in [0.717, 1.165) is 33.5 Å². The van der Waals surface area contributed by atoms with E-state index in [2.05, 4.69) is 4.98 Å². The molecule has 0 unspecified atom stereocenters. The number of aromatic nitrogens is 1. The molecule has 1 heterocycles. The third-order valence-electron chi connectivity index (χ3n) is 3.37. The van der Waals surface area contributed by atoms with Gasteiger partial charge in [0.1, 0.15) is 11.6 Å². The van der Waals surface area contributed by atoms with Gasteiger partial charge in [0, 0.05) is 11.1 Å². The number of nitrogens with zero attached hydrogens (tertiary/aromatic N) is 1. The maximum absolute atomic E-state index is 13.7. The molecule has 0 saturated heterocycles. The number of pyridine rings is 1. The molecule has 3 aromatic rings. The molecule has 4 heteroatoms. The summed E-state index contributed by atoms with van der Waals surface area (Å²) >= 11 is 5.76. The van der Waals surface area contributed by atoms with Gasteiger partial charge in [0.2, 0.25) is 0 Å². The van der Waals surface area contributed by atoms with Crippen molar-refractivity contribution in [1.29, 1.82) is 0 Å². The van der Waals surface area contributed by atoms with Crippen molar-refractivity contribution in [2.75, 3.05) is 7.11 Å². The summed E-state index contributed by atoms with van der Waals surface area (Å²) in [5.74, 6) is 0.309. The van der Waals surface area contributed by atoms with Gasteiger partial charge in [-0.3, -0.25) is 4.98 Å². The number of fused-ring (bicyclic) bond motifs is 1. The van der Waals surface area contributed by atoms with Gasteiger partial charge in [-0.25, -0.2) is 4.39 Å². The molecule has 106 valence electrons. The molecule has 0 aliphatic carbocycles. The number of hydrogen-bond donors (Lipinski definition) is 0. The van der Waals surface area contributed by atoms with E-state index in [1.165, 1.54) is 6.07 Å². The van der Waals surface area contributed by atoms with Gasteiger partial charge in [-0.15, -0.1) is 0 Å². The van der Waals surface area contributed by atoms with Crippen LogP contribution in [0.15, 0.2) is 42.5 Å². The number of aryl methyl sites for hydroxylation is 1. The van der Waals surface area contributed by atoms with Crippen molar-refractivity contribution in [3.8, 4) is 16.9 Å². The molecule has 0 saturated carbocycles. The Bertz CT molecular complexity index is 832. The topological polar surface area (TPSA) is 22.1 Å². The minimum absolute atomic E-state index is 0.117. The fourth-order valence-corrected chi connectivity index (χ4v) is 2.48. The highest BCUT2D eigenvalue weighted by molar-refractivity contribution is 6.30. The van der Waals surface area contributed by atoms with Gasteiger partial charge in [-0.1, -0.05) is 17.7 Å².